The summed E-state index contributed by atoms with van der Waals surface area (Å²) in [6.45, 7) is 5.81. The maximum absolute atomic E-state index is 12.1. The van der Waals surface area contributed by atoms with Gasteiger partial charge in [-0.25, -0.2) is 5.43 Å². The maximum Gasteiger partial charge on any atom is 0.253 e. The van der Waals surface area contributed by atoms with E-state index in [4.69, 9.17) is 0 Å². The van der Waals surface area contributed by atoms with Crippen molar-refractivity contribution in [1.82, 2.24) is 5.43 Å². The van der Waals surface area contributed by atoms with Gasteiger partial charge >= 0.3 is 0 Å². The van der Waals surface area contributed by atoms with Crippen LogP contribution in [0.5, 0.6) is 0 Å². The number of amides is 1. The highest BCUT2D eigenvalue weighted by Gasteiger charge is 2.13. The number of hydrogen-bond acceptors (Lipinski definition) is 3. The largest absolute Gasteiger partial charge is 0.272 e. The number of hydrazone groups is 1. The molecule has 2 aromatic carbocycles. The molecule has 0 saturated carbocycles. The van der Waals surface area contributed by atoms with Crippen molar-refractivity contribution in [2.24, 2.45) is 5.10 Å². The van der Waals surface area contributed by atoms with Gasteiger partial charge in [-0.05, 0) is 38.5 Å². The molecule has 1 amide bonds. The van der Waals surface area contributed by atoms with Gasteiger partial charge in [-0.15, -0.1) is 11.8 Å². The average molecular weight is 312 g/mol. The molecule has 114 valence electrons. The molecule has 0 fully saturated rings. The lowest BCUT2D eigenvalue weighted by atomic mass is 10.1. The monoisotopic (exact) mass is 312 g/mol. The Hall–Kier alpha value is -2.07. The lowest BCUT2D eigenvalue weighted by Crippen LogP contribution is -2.27. The summed E-state index contributed by atoms with van der Waals surface area (Å²) in [5.74, 6) is -0.0964. The molecule has 4 heteroatoms. The molecule has 0 aromatic heterocycles. The summed E-state index contributed by atoms with van der Waals surface area (Å²) in [5, 5.41) is 3.98. The molecule has 0 radical (unpaired) electrons. The molecule has 2 rings (SSSR count). The second kappa shape index (κ2) is 7.80. The summed E-state index contributed by atoms with van der Waals surface area (Å²) < 4.78 is 0. The third-order valence-electron chi connectivity index (χ3n) is 3.23. The minimum atomic E-state index is -0.199. The van der Waals surface area contributed by atoms with Crippen molar-refractivity contribution in [2.75, 3.05) is 0 Å². The molecule has 3 nitrogen and oxygen atoms in total. The Kier molecular flexibility index (Phi) is 5.78. The normalized spacial score (nSPS) is 12.8. The summed E-state index contributed by atoms with van der Waals surface area (Å²) in [5.41, 5.74) is 5.65. The number of thioether (sulfide) groups is 1. The first kappa shape index (κ1) is 16.3. The van der Waals surface area contributed by atoms with Crippen LogP contribution in [0.3, 0.4) is 0 Å². The molecule has 0 aliphatic carbocycles. The standard InChI is InChI=1S/C18H20N2OS/c1-13-9-11-17(12-10-13)22-15(3)18(21)20-19-14(2)16-7-5-4-6-8-16/h4-12,15H,1-3H3,(H,20,21)/b19-14-/t15-/m1/s1. The van der Waals surface area contributed by atoms with Crippen molar-refractivity contribution < 1.29 is 4.79 Å². The predicted molar refractivity (Wildman–Crippen MR) is 93.3 cm³/mol. The van der Waals surface area contributed by atoms with Gasteiger partial charge in [0.1, 0.15) is 0 Å². The fourth-order valence-electron chi connectivity index (χ4n) is 1.85. The molecule has 0 aliphatic heterocycles. The van der Waals surface area contributed by atoms with Gasteiger partial charge in [-0.2, -0.15) is 5.10 Å². The van der Waals surface area contributed by atoms with Crippen molar-refractivity contribution in [3.05, 3.63) is 65.7 Å². The SMILES string of the molecule is C/C(=N/NC(=O)[C@@H](C)Sc1ccc(C)cc1)c1ccccc1. The van der Waals surface area contributed by atoms with E-state index in [0.717, 1.165) is 16.2 Å². The van der Waals surface area contributed by atoms with Gasteiger partial charge in [-0.1, -0.05) is 48.0 Å². The lowest BCUT2D eigenvalue weighted by Gasteiger charge is -2.10. The predicted octanol–water partition coefficient (Wildman–Crippen LogP) is 4.02. The van der Waals surface area contributed by atoms with Gasteiger partial charge in [0.05, 0.1) is 11.0 Å². The molecular weight excluding hydrogens is 292 g/mol. The van der Waals surface area contributed by atoms with E-state index >= 15 is 0 Å². The van der Waals surface area contributed by atoms with Crippen LogP contribution in [0.4, 0.5) is 0 Å². The number of nitrogens with zero attached hydrogens (tertiary/aromatic N) is 1. The van der Waals surface area contributed by atoms with E-state index in [2.05, 4.69) is 10.5 Å². The third-order valence-corrected chi connectivity index (χ3v) is 4.34. The smallest absolute Gasteiger partial charge is 0.253 e. The van der Waals surface area contributed by atoms with Crippen molar-refractivity contribution in [3.63, 3.8) is 0 Å². The first-order chi connectivity index (χ1) is 10.6. The zero-order valence-electron chi connectivity index (χ0n) is 13.0. The Labute approximate surface area is 135 Å². The molecule has 22 heavy (non-hydrogen) atoms. The van der Waals surface area contributed by atoms with Crippen LogP contribution in [0.25, 0.3) is 0 Å². The maximum atomic E-state index is 12.1. The van der Waals surface area contributed by atoms with Gasteiger partial charge in [0, 0.05) is 4.90 Å². The van der Waals surface area contributed by atoms with Crippen molar-refractivity contribution in [2.45, 2.75) is 30.9 Å². The lowest BCUT2D eigenvalue weighted by molar-refractivity contribution is -0.120. The number of nitrogens with one attached hydrogen (secondary N) is 1. The van der Waals surface area contributed by atoms with Crippen LogP contribution in [0, 0.1) is 6.92 Å². The van der Waals surface area contributed by atoms with Gasteiger partial charge < -0.3 is 0 Å². The Morgan fingerprint density at radius 3 is 2.36 bits per heavy atom. The van der Waals surface area contributed by atoms with Crippen LogP contribution in [0.2, 0.25) is 0 Å². The fraction of sp³-hybridized carbons (Fsp3) is 0.222. The van der Waals surface area contributed by atoms with Gasteiger partial charge in [0.2, 0.25) is 0 Å². The fourth-order valence-corrected chi connectivity index (χ4v) is 2.71. The van der Waals surface area contributed by atoms with Crippen LogP contribution >= 0.6 is 11.8 Å². The first-order valence-electron chi connectivity index (χ1n) is 7.19. The molecule has 0 aliphatic rings. The number of benzene rings is 2. The van der Waals surface area contributed by atoms with E-state index in [-0.39, 0.29) is 11.2 Å². The number of carbonyl (C=O) groups is 1. The van der Waals surface area contributed by atoms with Crippen LogP contribution in [0.1, 0.15) is 25.0 Å². The summed E-state index contributed by atoms with van der Waals surface area (Å²) in [6, 6.07) is 17.9. The minimum Gasteiger partial charge on any atom is -0.272 e. The molecule has 0 unspecified atom stereocenters. The highest BCUT2D eigenvalue weighted by molar-refractivity contribution is 8.00. The molecular formula is C18H20N2OS. The number of aryl methyl sites for hydroxylation is 1. The first-order valence-corrected chi connectivity index (χ1v) is 8.07. The van der Waals surface area contributed by atoms with Gasteiger partial charge in [-0.3, -0.25) is 4.79 Å². The quantitative estimate of drug-likeness (QED) is 0.515. The summed E-state index contributed by atoms with van der Waals surface area (Å²) in [4.78, 5) is 13.2. The van der Waals surface area contributed by atoms with E-state index < -0.39 is 0 Å². The zero-order valence-corrected chi connectivity index (χ0v) is 13.9. The topological polar surface area (TPSA) is 41.5 Å². The number of carbonyl (C=O) groups excluding carboxylic acids is 1. The Morgan fingerprint density at radius 1 is 1.09 bits per heavy atom. The summed E-state index contributed by atoms with van der Waals surface area (Å²) >= 11 is 1.53. The van der Waals surface area contributed by atoms with Crippen molar-refractivity contribution in [3.8, 4) is 0 Å². The Balaban J connectivity index is 1.92. The zero-order chi connectivity index (χ0) is 15.9. The van der Waals surface area contributed by atoms with E-state index in [1.54, 1.807) is 0 Å². The molecule has 0 spiro atoms. The van der Waals surface area contributed by atoms with Crippen molar-refractivity contribution in [1.29, 1.82) is 0 Å². The Bertz CT molecular complexity index is 651. The third kappa shape index (κ3) is 4.74. The second-order valence-corrected chi connectivity index (χ2v) is 6.53. The summed E-state index contributed by atoms with van der Waals surface area (Å²) in [6.07, 6.45) is 0. The van der Waals surface area contributed by atoms with Crippen LogP contribution in [-0.4, -0.2) is 16.9 Å². The molecule has 0 bridgehead atoms. The average Bonchev–Trinajstić information content (AvgIpc) is 2.55. The molecule has 1 atom stereocenters. The minimum absolute atomic E-state index is 0.0964. The summed E-state index contributed by atoms with van der Waals surface area (Å²) in [7, 11) is 0. The molecule has 1 N–H and O–H groups in total. The number of hydrogen-bond donors (Lipinski definition) is 1. The molecule has 0 saturated heterocycles. The second-order valence-electron chi connectivity index (χ2n) is 5.11. The van der Waals surface area contributed by atoms with Crippen LogP contribution in [0.15, 0.2) is 64.6 Å². The van der Waals surface area contributed by atoms with E-state index in [1.807, 2.05) is 75.4 Å². The highest BCUT2D eigenvalue weighted by atomic mass is 32.2. The van der Waals surface area contributed by atoms with E-state index in [0.29, 0.717) is 0 Å². The van der Waals surface area contributed by atoms with Gasteiger partial charge in [0.25, 0.3) is 5.91 Å². The van der Waals surface area contributed by atoms with E-state index in [1.165, 1.54) is 17.3 Å². The molecule has 2 aromatic rings. The van der Waals surface area contributed by atoms with Gasteiger partial charge in [0.15, 0.2) is 0 Å². The van der Waals surface area contributed by atoms with Crippen LogP contribution in [-0.2, 0) is 4.79 Å². The molecule has 0 heterocycles. The van der Waals surface area contributed by atoms with Crippen LogP contribution < -0.4 is 5.43 Å². The Morgan fingerprint density at radius 2 is 1.73 bits per heavy atom. The number of rotatable bonds is 5. The highest BCUT2D eigenvalue weighted by Crippen LogP contribution is 2.23. The van der Waals surface area contributed by atoms with E-state index in [9.17, 15) is 4.79 Å². The van der Waals surface area contributed by atoms with Crippen molar-refractivity contribution >= 4 is 23.4 Å².